The zero-order chi connectivity index (χ0) is 13.5. The maximum absolute atomic E-state index is 11.7. The average molecular weight is 250 g/mol. The van der Waals surface area contributed by atoms with Crippen molar-refractivity contribution in [1.82, 2.24) is 5.32 Å². The molecule has 4 nitrogen and oxygen atoms in total. The van der Waals surface area contributed by atoms with Gasteiger partial charge >= 0.3 is 0 Å². The number of amides is 1. The molecule has 0 fully saturated rings. The van der Waals surface area contributed by atoms with E-state index in [1.54, 1.807) is 7.11 Å². The van der Waals surface area contributed by atoms with Crippen LogP contribution in [0.25, 0.3) is 0 Å². The number of methoxy groups -OCH3 is 1. The smallest absolute Gasteiger partial charge is 0.222 e. The van der Waals surface area contributed by atoms with Gasteiger partial charge in [0.15, 0.2) is 0 Å². The van der Waals surface area contributed by atoms with Gasteiger partial charge < -0.3 is 15.8 Å². The molecule has 18 heavy (non-hydrogen) atoms. The fraction of sp³-hybridized carbons (Fsp3) is 0.500. The topological polar surface area (TPSA) is 64.3 Å². The van der Waals surface area contributed by atoms with E-state index >= 15 is 0 Å². The molecule has 1 amide bonds. The number of nitrogens with one attached hydrogen (secondary N) is 1. The highest BCUT2D eigenvalue weighted by Crippen LogP contribution is 2.10. The van der Waals surface area contributed by atoms with E-state index in [9.17, 15) is 4.79 Å². The minimum Gasteiger partial charge on any atom is -0.380 e. The number of rotatable bonds is 6. The van der Waals surface area contributed by atoms with Crippen molar-refractivity contribution in [3.8, 4) is 0 Å². The lowest BCUT2D eigenvalue weighted by molar-refractivity contribution is -0.123. The van der Waals surface area contributed by atoms with Gasteiger partial charge in [-0.1, -0.05) is 23.8 Å². The molecule has 0 aliphatic carbocycles. The van der Waals surface area contributed by atoms with Crippen molar-refractivity contribution in [2.24, 2.45) is 5.73 Å². The average Bonchev–Trinajstić information content (AvgIpc) is 2.35. The highest BCUT2D eigenvalue weighted by molar-refractivity contribution is 5.76. The molecule has 4 heteroatoms. The summed E-state index contributed by atoms with van der Waals surface area (Å²) in [7, 11) is 1.56. The molecular weight excluding hydrogens is 228 g/mol. The maximum Gasteiger partial charge on any atom is 0.222 e. The predicted molar refractivity (Wildman–Crippen MR) is 72.2 cm³/mol. The highest BCUT2D eigenvalue weighted by atomic mass is 16.5. The zero-order valence-corrected chi connectivity index (χ0v) is 11.3. The van der Waals surface area contributed by atoms with Crippen LogP contribution in [-0.4, -0.2) is 25.7 Å². The Morgan fingerprint density at radius 2 is 2.17 bits per heavy atom. The molecule has 0 bridgehead atoms. The van der Waals surface area contributed by atoms with Gasteiger partial charge in [0, 0.05) is 20.2 Å². The minimum absolute atomic E-state index is 0.0349. The third kappa shape index (κ3) is 4.47. The van der Waals surface area contributed by atoms with E-state index in [4.69, 9.17) is 10.5 Å². The van der Waals surface area contributed by atoms with Gasteiger partial charge in [0.2, 0.25) is 5.91 Å². The van der Waals surface area contributed by atoms with E-state index in [1.165, 1.54) is 11.1 Å². The molecule has 100 valence electrons. The molecule has 0 radical (unpaired) electrons. The first-order valence-corrected chi connectivity index (χ1v) is 6.12. The van der Waals surface area contributed by atoms with Gasteiger partial charge in [-0.3, -0.25) is 4.79 Å². The molecule has 1 rings (SSSR count). The number of carbonyl (C=O) groups is 1. The fourth-order valence-electron chi connectivity index (χ4n) is 1.78. The second-order valence-electron chi connectivity index (χ2n) is 4.50. The first-order chi connectivity index (χ1) is 8.56. The van der Waals surface area contributed by atoms with E-state index in [2.05, 4.69) is 18.3 Å². The Bertz CT molecular complexity index is 401. The van der Waals surface area contributed by atoms with Crippen molar-refractivity contribution in [2.75, 3.05) is 13.7 Å². The van der Waals surface area contributed by atoms with Crippen LogP contribution in [0.2, 0.25) is 0 Å². The lowest BCUT2D eigenvalue weighted by atomic mass is 10.1. The van der Waals surface area contributed by atoms with E-state index < -0.39 is 0 Å². The highest BCUT2D eigenvalue weighted by Gasteiger charge is 2.11. The lowest BCUT2D eigenvalue weighted by Crippen LogP contribution is -2.32. The normalized spacial score (nSPS) is 12.2. The van der Waals surface area contributed by atoms with Crippen molar-refractivity contribution >= 4 is 5.91 Å². The second-order valence-corrected chi connectivity index (χ2v) is 4.50. The molecule has 3 N–H and O–H groups in total. The van der Waals surface area contributed by atoms with Crippen LogP contribution >= 0.6 is 0 Å². The molecule has 1 atom stereocenters. The lowest BCUT2D eigenvalue weighted by Gasteiger charge is -2.13. The van der Waals surface area contributed by atoms with Crippen molar-refractivity contribution < 1.29 is 9.53 Å². The summed E-state index contributed by atoms with van der Waals surface area (Å²) in [5, 5.41) is 2.88. The molecule has 0 spiro atoms. The Kier molecular flexibility index (Phi) is 5.82. The summed E-state index contributed by atoms with van der Waals surface area (Å²) in [4.78, 5) is 11.7. The molecule has 0 saturated heterocycles. The summed E-state index contributed by atoms with van der Waals surface area (Å²) in [6.07, 6.45) is 0.0990. The van der Waals surface area contributed by atoms with E-state index in [1.807, 2.05) is 19.1 Å². The molecule has 0 heterocycles. The van der Waals surface area contributed by atoms with E-state index in [0.29, 0.717) is 19.5 Å². The van der Waals surface area contributed by atoms with Gasteiger partial charge in [0.05, 0.1) is 12.5 Å². The van der Waals surface area contributed by atoms with Crippen molar-refractivity contribution in [3.05, 3.63) is 34.9 Å². The summed E-state index contributed by atoms with van der Waals surface area (Å²) in [6.45, 7) is 5.01. The van der Waals surface area contributed by atoms with Crippen LogP contribution < -0.4 is 11.1 Å². The van der Waals surface area contributed by atoms with Crippen molar-refractivity contribution in [3.63, 3.8) is 0 Å². The molecule has 0 aromatic heterocycles. The monoisotopic (exact) mass is 250 g/mol. The van der Waals surface area contributed by atoms with Gasteiger partial charge in [-0.05, 0) is 25.0 Å². The maximum atomic E-state index is 11.7. The third-order valence-corrected chi connectivity index (χ3v) is 2.98. The van der Waals surface area contributed by atoms with Crippen molar-refractivity contribution in [2.45, 2.75) is 32.9 Å². The zero-order valence-electron chi connectivity index (χ0n) is 11.3. The Balaban J connectivity index is 2.47. The molecule has 1 unspecified atom stereocenters. The largest absolute Gasteiger partial charge is 0.380 e. The predicted octanol–water partition coefficient (Wildman–Crippen LogP) is 1.28. The Morgan fingerprint density at radius 3 is 2.72 bits per heavy atom. The van der Waals surface area contributed by atoms with Crippen LogP contribution in [-0.2, 0) is 16.1 Å². The Morgan fingerprint density at radius 1 is 1.44 bits per heavy atom. The molecule has 1 aromatic carbocycles. The Hall–Kier alpha value is -1.39. The van der Waals surface area contributed by atoms with E-state index in [0.717, 1.165) is 5.56 Å². The number of hydrogen-bond acceptors (Lipinski definition) is 3. The van der Waals surface area contributed by atoms with Gasteiger partial charge in [-0.2, -0.15) is 0 Å². The SMILES string of the molecule is COC(CN)CC(=O)NCc1ccc(C)cc1C. The standard InChI is InChI=1S/C14H22N2O2/c1-10-4-5-12(11(2)6-10)9-16-14(17)7-13(8-15)18-3/h4-6,13H,7-9,15H2,1-3H3,(H,16,17). The summed E-state index contributed by atoms with van der Waals surface area (Å²) in [5.41, 5.74) is 9.03. The molecular formula is C14H22N2O2. The Labute approximate surface area is 109 Å². The molecule has 1 aromatic rings. The van der Waals surface area contributed by atoms with Crippen LogP contribution in [0.5, 0.6) is 0 Å². The number of benzene rings is 1. The minimum atomic E-state index is -0.205. The van der Waals surface area contributed by atoms with Gasteiger partial charge in [-0.25, -0.2) is 0 Å². The van der Waals surface area contributed by atoms with Gasteiger partial charge in [0.1, 0.15) is 0 Å². The fourth-order valence-corrected chi connectivity index (χ4v) is 1.78. The number of aryl methyl sites for hydroxylation is 2. The van der Waals surface area contributed by atoms with Crippen LogP contribution in [0.3, 0.4) is 0 Å². The van der Waals surface area contributed by atoms with Gasteiger partial charge in [-0.15, -0.1) is 0 Å². The van der Waals surface area contributed by atoms with Crippen LogP contribution in [0.1, 0.15) is 23.1 Å². The number of hydrogen-bond donors (Lipinski definition) is 2. The van der Waals surface area contributed by atoms with Crippen LogP contribution in [0, 0.1) is 13.8 Å². The number of nitrogens with two attached hydrogens (primary N) is 1. The van der Waals surface area contributed by atoms with E-state index in [-0.39, 0.29) is 12.0 Å². The van der Waals surface area contributed by atoms with Crippen molar-refractivity contribution in [1.29, 1.82) is 0 Å². The van der Waals surface area contributed by atoms with Crippen LogP contribution in [0.15, 0.2) is 18.2 Å². The number of ether oxygens (including phenoxy) is 1. The first-order valence-electron chi connectivity index (χ1n) is 6.12. The third-order valence-electron chi connectivity index (χ3n) is 2.98. The summed E-state index contributed by atoms with van der Waals surface area (Å²) in [6, 6.07) is 6.20. The van der Waals surface area contributed by atoms with Crippen LogP contribution in [0.4, 0.5) is 0 Å². The molecule has 0 saturated carbocycles. The van der Waals surface area contributed by atoms with Gasteiger partial charge in [0.25, 0.3) is 0 Å². The molecule has 0 aliphatic rings. The second kappa shape index (κ2) is 7.13. The summed E-state index contributed by atoms with van der Waals surface area (Å²) >= 11 is 0. The quantitative estimate of drug-likeness (QED) is 0.799. The summed E-state index contributed by atoms with van der Waals surface area (Å²) in [5.74, 6) is -0.0349. The number of carbonyl (C=O) groups excluding carboxylic acids is 1. The summed E-state index contributed by atoms with van der Waals surface area (Å²) < 4.78 is 5.08. The first kappa shape index (κ1) is 14.7. The molecule has 0 aliphatic heterocycles.